The van der Waals surface area contributed by atoms with Gasteiger partial charge >= 0.3 is 0 Å². The van der Waals surface area contributed by atoms with E-state index in [0.29, 0.717) is 32.5 Å². The molecule has 0 saturated heterocycles. The number of carbonyl (C=O) groups is 2. The first kappa shape index (κ1) is 22.4. The molecule has 7 heteroatoms. The monoisotopic (exact) mass is 500 g/mol. The van der Waals surface area contributed by atoms with Crippen LogP contribution in [-0.4, -0.2) is 17.3 Å². The lowest BCUT2D eigenvalue weighted by molar-refractivity contribution is -0.113. The quantitative estimate of drug-likeness (QED) is 0.491. The molecule has 0 saturated carbocycles. The number of thioether (sulfide) groups is 1. The first-order valence-electron chi connectivity index (χ1n) is 9.11. The Morgan fingerprint density at radius 2 is 1.80 bits per heavy atom. The molecule has 0 spiro atoms. The van der Waals surface area contributed by atoms with Gasteiger partial charge in [-0.1, -0.05) is 51.4 Å². The van der Waals surface area contributed by atoms with Crippen LogP contribution in [-0.2, 0) is 4.79 Å². The molecule has 0 unspecified atom stereocenters. The molecular weight excluding hydrogens is 484 g/mol. The molecule has 2 aromatic rings. The maximum Gasteiger partial charge on any atom is 0.173 e. The molecule has 0 fully saturated rings. The van der Waals surface area contributed by atoms with E-state index >= 15 is 0 Å². The van der Waals surface area contributed by atoms with Crippen molar-refractivity contribution in [2.45, 2.75) is 19.8 Å². The summed E-state index contributed by atoms with van der Waals surface area (Å²) < 4.78 is 0.913. The number of ketones is 2. The molecule has 3 rings (SSSR count). The van der Waals surface area contributed by atoms with Crippen molar-refractivity contribution in [3.05, 3.63) is 91.0 Å². The van der Waals surface area contributed by atoms with Gasteiger partial charge in [0.25, 0.3) is 0 Å². The molecule has 2 aromatic carbocycles. The van der Waals surface area contributed by atoms with Crippen LogP contribution < -0.4 is 5.32 Å². The number of halogens is 2. The molecule has 4 nitrogen and oxygen atoms in total. The Morgan fingerprint density at radius 1 is 1.17 bits per heavy atom. The van der Waals surface area contributed by atoms with Crippen molar-refractivity contribution in [2.75, 3.05) is 5.75 Å². The van der Waals surface area contributed by atoms with Crippen LogP contribution in [0.1, 0.15) is 35.7 Å². The van der Waals surface area contributed by atoms with Crippen LogP contribution in [0.2, 0.25) is 5.02 Å². The minimum absolute atomic E-state index is 0.0672. The van der Waals surface area contributed by atoms with Gasteiger partial charge in [-0.25, -0.2) is 0 Å². The van der Waals surface area contributed by atoms with E-state index < -0.39 is 5.92 Å². The maximum atomic E-state index is 12.6. The standard InChI is InChI=1S/C23H18BrClN2O2S/c1-13-21(14(2)28)22(16-3-7-17(24)8-4-16)19(11-26)23(27-13)30-12-20(29)15-5-9-18(25)10-6-15/h3-10,22,27H,12H2,1-2H3/t22-/m0/s1. The van der Waals surface area contributed by atoms with Crippen molar-refractivity contribution in [3.8, 4) is 6.07 Å². The van der Waals surface area contributed by atoms with Crippen molar-refractivity contribution < 1.29 is 9.59 Å². The summed E-state index contributed by atoms with van der Waals surface area (Å²) in [7, 11) is 0. The minimum Gasteiger partial charge on any atom is -0.353 e. The number of nitrogens with one attached hydrogen (secondary N) is 1. The van der Waals surface area contributed by atoms with E-state index in [1.165, 1.54) is 18.7 Å². The number of Topliss-reactive ketones (excluding diaryl/α,β-unsaturated/α-hetero) is 2. The summed E-state index contributed by atoms with van der Waals surface area (Å²) in [5, 5.41) is 14.3. The van der Waals surface area contributed by atoms with Gasteiger partial charge in [0.1, 0.15) is 0 Å². The van der Waals surface area contributed by atoms with E-state index in [4.69, 9.17) is 11.6 Å². The Balaban J connectivity index is 1.94. The van der Waals surface area contributed by atoms with E-state index in [1.807, 2.05) is 31.2 Å². The molecule has 0 aliphatic carbocycles. The van der Waals surface area contributed by atoms with Crippen molar-refractivity contribution in [2.24, 2.45) is 0 Å². The molecule has 1 aliphatic heterocycles. The summed E-state index contributed by atoms with van der Waals surface area (Å²) >= 11 is 10.6. The van der Waals surface area contributed by atoms with Gasteiger partial charge < -0.3 is 5.32 Å². The highest BCUT2D eigenvalue weighted by Crippen LogP contribution is 2.41. The van der Waals surface area contributed by atoms with Crippen molar-refractivity contribution in [1.82, 2.24) is 5.32 Å². The van der Waals surface area contributed by atoms with Crippen LogP contribution in [0.5, 0.6) is 0 Å². The van der Waals surface area contributed by atoms with Gasteiger partial charge in [0.15, 0.2) is 11.6 Å². The first-order valence-corrected chi connectivity index (χ1v) is 11.3. The van der Waals surface area contributed by atoms with Crippen molar-refractivity contribution in [3.63, 3.8) is 0 Å². The molecule has 1 N–H and O–H groups in total. The van der Waals surface area contributed by atoms with Crippen LogP contribution >= 0.6 is 39.3 Å². The highest BCUT2D eigenvalue weighted by Gasteiger charge is 2.33. The molecule has 0 bridgehead atoms. The van der Waals surface area contributed by atoms with Crippen molar-refractivity contribution >= 4 is 50.9 Å². The Labute approximate surface area is 193 Å². The normalized spacial score (nSPS) is 16.2. The number of allylic oxidation sites excluding steroid dienone is 3. The number of hydrogen-bond acceptors (Lipinski definition) is 5. The van der Waals surface area contributed by atoms with E-state index in [2.05, 4.69) is 27.3 Å². The van der Waals surface area contributed by atoms with Gasteiger partial charge in [0.2, 0.25) is 0 Å². The number of nitrogens with zero attached hydrogens (tertiary/aromatic N) is 1. The predicted octanol–water partition coefficient (Wildman–Crippen LogP) is 6.00. The molecule has 1 aliphatic rings. The topological polar surface area (TPSA) is 70.0 Å². The first-order chi connectivity index (χ1) is 14.3. The number of carbonyl (C=O) groups excluding carboxylic acids is 2. The lowest BCUT2D eigenvalue weighted by Gasteiger charge is -2.29. The number of benzene rings is 2. The summed E-state index contributed by atoms with van der Waals surface area (Å²) in [4.78, 5) is 25.0. The number of dihydropyridines is 1. The van der Waals surface area contributed by atoms with Crippen LogP contribution in [0.15, 0.2) is 74.9 Å². The summed E-state index contributed by atoms with van der Waals surface area (Å²) in [5.41, 5.74) is 3.09. The average molecular weight is 502 g/mol. The lowest BCUT2D eigenvalue weighted by Crippen LogP contribution is -2.27. The third kappa shape index (κ3) is 4.86. The fourth-order valence-corrected chi connectivity index (χ4v) is 4.72. The van der Waals surface area contributed by atoms with Gasteiger partial charge in [-0.05, 0) is 55.8 Å². The van der Waals surface area contributed by atoms with Crippen molar-refractivity contribution in [1.29, 1.82) is 5.26 Å². The van der Waals surface area contributed by atoms with Crippen LogP contribution in [0.3, 0.4) is 0 Å². The van der Waals surface area contributed by atoms with Gasteiger partial charge in [-0.2, -0.15) is 5.26 Å². The molecule has 1 atom stereocenters. The highest BCUT2D eigenvalue weighted by atomic mass is 79.9. The number of rotatable bonds is 6. The fraction of sp³-hybridized carbons (Fsp3) is 0.174. The molecular formula is C23H18BrClN2O2S. The Kier molecular flexibility index (Phi) is 7.19. The van der Waals surface area contributed by atoms with Gasteiger partial charge in [0.05, 0.1) is 28.3 Å². The summed E-state index contributed by atoms with van der Waals surface area (Å²) in [6, 6.07) is 16.5. The summed E-state index contributed by atoms with van der Waals surface area (Å²) in [5.74, 6) is -0.482. The van der Waals surface area contributed by atoms with E-state index in [-0.39, 0.29) is 17.3 Å². The Morgan fingerprint density at radius 3 is 2.37 bits per heavy atom. The molecule has 0 aromatic heterocycles. The largest absolute Gasteiger partial charge is 0.353 e. The second kappa shape index (κ2) is 9.65. The van der Waals surface area contributed by atoms with Gasteiger partial charge in [-0.15, -0.1) is 0 Å². The molecule has 30 heavy (non-hydrogen) atoms. The highest BCUT2D eigenvalue weighted by molar-refractivity contribution is 9.10. The predicted molar refractivity (Wildman–Crippen MR) is 124 cm³/mol. The second-order valence-electron chi connectivity index (χ2n) is 6.78. The van der Waals surface area contributed by atoms with E-state index in [0.717, 1.165) is 10.0 Å². The van der Waals surface area contributed by atoms with Crippen LogP contribution in [0.4, 0.5) is 0 Å². The number of nitriles is 1. The summed E-state index contributed by atoms with van der Waals surface area (Å²) in [6.07, 6.45) is 0. The third-order valence-corrected chi connectivity index (χ3v) is 6.54. The van der Waals surface area contributed by atoms with Crippen LogP contribution in [0.25, 0.3) is 0 Å². The smallest absolute Gasteiger partial charge is 0.173 e. The van der Waals surface area contributed by atoms with E-state index in [1.54, 1.807) is 24.3 Å². The second-order valence-corrected chi connectivity index (χ2v) is 9.12. The van der Waals surface area contributed by atoms with Crippen LogP contribution in [0, 0.1) is 11.3 Å². The van der Waals surface area contributed by atoms with E-state index in [9.17, 15) is 14.9 Å². The third-order valence-electron chi connectivity index (χ3n) is 4.74. The molecule has 0 amide bonds. The Hall–Kier alpha value is -2.33. The fourth-order valence-electron chi connectivity index (χ4n) is 3.34. The molecule has 0 radical (unpaired) electrons. The zero-order valence-electron chi connectivity index (χ0n) is 16.3. The zero-order valence-corrected chi connectivity index (χ0v) is 19.5. The Bertz CT molecular complexity index is 1100. The van der Waals surface area contributed by atoms with Gasteiger partial charge in [-0.3, -0.25) is 9.59 Å². The maximum absolute atomic E-state index is 12.6. The van der Waals surface area contributed by atoms with Gasteiger partial charge in [0, 0.05) is 26.3 Å². The lowest BCUT2D eigenvalue weighted by atomic mass is 9.81. The summed E-state index contributed by atoms with van der Waals surface area (Å²) in [6.45, 7) is 3.32. The molecule has 1 heterocycles. The average Bonchev–Trinajstić information content (AvgIpc) is 2.72. The zero-order chi connectivity index (χ0) is 21.8. The minimum atomic E-state index is -0.477. The SMILES string of the molecule is CC(=O)C1=C(C)NC(SCC(=O)c2ccc(Cl)cc2)=C(C#N)[C@@H]1c1ccc(Br)cc1. The number of hydrogen-bond donors (Lipinski definition) is 1. The molecule has 152 valence electrons.